The molecule has 1 atom stereocenters. The van der Waals surface area contributed by atoms with Gasteiger partial charge < -0.3 is 19.3 Å². The van der Waals surface area contributed by atoms with Crippen LogP contribution in [0.15, 0.2) is 41.5 Å². The first-order chi connectivity index (χ1) is 14.3. The third-order valence-corrected chi connectivity index (χ3v) is 5.57. The van der Waals surface area contributed by atoms with Gasteiger partial charge in [-0.3, -0.25) is 4.99 Å². The SMILES string of the molecule is CCC1N=c2cnc(OC)cc2=CN1c1ccc(OCCCN2CCCC2)cc1. The lowest BCUT2D eigenvalue weighted by Crippen LogP contribution is -2.42. The van der Waals surface area contributed by atoms with Crippen molar-refractivity contribution >= 4 is 11.9 Å². The summed E-state index contributed by atoms with van der Waals surface area (Å²) < 4.78 is 11.2. The number of rotatable bonds is 8. The van der Waals surface area contributed by atoms with Crippen LogP contribution < -0.4 is 24.9 Å². The number of nitrogens with zero attached hydrogens (tertiary/aromatic N) is 4. The van der Waals surface area contributed by atoms with Crippen LogP contribution in [-0.4, -0.2) is 49.4 Å². The molecule has 2 aliphatic heterocycles. The summed E-state index contributed by atoms with van der Waals surface area (Å²) in [6.45, 7) is 6.54. The lowest BCUT2D eigenvalue weighted by Gasteiger charge is -2.29. The number of hydrogen-bond acceptors (Lipinski definition) is 6. The highest BCUT2D eigenvalue weighted by molar-refractivity contribution is 5.61. The molecule has 6 heteroatoms. The maximum Gasteiger partial charge on any atom is 0.213 e. The van der Waals surface area contributed by atoms with Crippen molar-refractivity contribution in [3.63, 3.8) is 0 Å². The van der Waals surface area contributed by atoms with Crippen molar-refractivity contribution in [1.82, 2.24) is 9.88 Å². The summed E-state index contributed by atoms with van der Waals surface area (Å²) in [6.07, 6.45) is 8.64. The molecule has 2 aromatic rings. The second-order valence-corrected chi connectivity index (χ2v) is 7.58. The number of fused-ring (bicyclic) bond motifs is 1. The van der Waals surface area contributed by atoms with E-state index in [9.17, 15) is 0 Å². The van der Waals surface area contributed by atoms with Gasteiger partial charge in [-0.15, -0.1) is 0 Å². The number of methoxy groups -OCH3 is 1. The summed E-state index contributed by atoms with van der Waals surface area (Å²) in [5.41, 5.74) is 1.10. The van der Waals surface area contributed by atoms with E-state index >= 15 is 0 Å². The van der Waals surface area contributed by atoms with Gasteiger partial charge >= 0.3 is 0 Å². The predicted molar refractivity (Wildman–Crippen MR) is 115 cm³/mol. The van der Waals surface area contributed by atoms with Crippen LogP contribution in [-0.2, 0) is 0 Å². The molecule has 0 amide bonds. The summed E-state index contributed by atoms with van der Waals surface area (Å²) in [6, 6.07) is 10.2. The molecule has 0 bridgehead atoms. The molecule has 1 unspecified atom stereocenters. The van der Waals surface area contributed by atoms with E-state index in [2.05, 4.69) is 40.0 Å². The molecule has 1 aromatic carbocycles. The summed E-state index contributed by atoms with van der Waals surface area (Å²) >= 11 is 0. The molecule has 29 heavy (non-hydrogen) atoms. The van der Waals surface area contributed by atoms with E-state index in [-0.39, 0.29) is 6.17 Å². The Balaban J connectivity index is 1.42. The average Bonchev–Trinajstić information content (AvgIpc) is 3.29. The number of pyridine rings is 1. The highest BCUT2D eigenvalue weighted by Crippen LogP contribution is 2.24. The number of hydrogen-bond donors (Lipinski definition) is 0. The van der Waals surface area contributed by atoms with Gasteiger partial charge in [0.05, 0.1) is 25.3 Å². The highest BCUT2D eigenvalue weighted by atomic mass is 16.5. The second-order valence-electron chi connectivity index (χ2n) is 7.58. The topological polar surface area (TPSA) is 50.2 Å². The normalized spacial score (nSPS) is 18.7. The molecular weight excluding hydrogens is 364 g/mol. The van der Waals surface area contributed by atoms with Crippen molar-refractivity contribution in [2.45, 2.75) is 38.8 Å². The van der Waals surface area contributed by atoms with Crippen molar-refractivity contribution in [1.29, 1.82) is 0 Å². The van der Waals surface area contributed by atoms with Crippen LogP contribution in [0.5, 0.6) is 11.6 Å². The highest BCUT2D eigenvalue weighted by Gasteiger charge is 2.18. The van der Waals surface area contributed by atoms with Crippen molar-refractivity contribution in [2.24, 2.45) is 4.99 Å². The first kappa shape index (κ1) is 19.7. The first-order valence-corrected chi connectivity index (χ1v) is 10.6. The predicted octanol–water partition coefficient (Wildman–Crippen LogP) is 2.57. The molecule has 0 N–H and O–H groups in total. The van der Waals surface area contributed by atoms with E-state index in [1.165, 1.54) is 25.9 Å². The molecule has 154 valence electrons. The smallest absolute Gasteiger partial charge is 0.213 e. The monoisotopic (exact) mass is 394 g/mol. The molecule has 0 radical (unpaired) electrons. The molecule has 4 rings (SSSR count). The van der Waals surface area contributed by atoms with Crippen molar-refractivity contribution in [3.05, 3.63) is 47.1 Å². The Morgan fingerprint density at radius 3 is 2.66 bits per heavy atom. The van der Waals surface area contributed by atoms with Gasteiger partial charge in [0.25, 0.3) is 0 Å². The zero-order valence-electron chi connectivity index (χ0n) is 17.4. The summed E-state index contributed by atoms with van der Waals surface area (Å²) in [5, 5.41) is 1.93. The van der Waals surface area contributed by atoms with E-state index in [1.54, 1.807) is 13.3 Å². The summed E-state index contributed by atoms with van der Waals surface area (Å²) in [7, 11) is 1.63. The lowest BCUT2D eigenvalue weighted by molar-refractivity contribution is 0.263. The van der Waals surface area contributed by atoms with Gasteiger partial charge in [-0.25, -0.2) is 4.98 Å². The Labute approximate surface area is 172 Å². The van der Waals surface area contributed by atoms with E-state index < -0.39 is 0 Å². The number of benzene rings is 1. The largest absolute Gasteiger partial charge is 0.494 e. The average molecular weight is 395 g/mol. The van der Waals surface area contributed by atoms with Crippen LogP contribution in [0, 0.1) is 0 Å². The minimum atomic E-state index is 0.0601. The zero-order valence-corrected chi connectivity index (χ0v) is 17.4. The van der Waals surface area contributed by atoms with E-state index in [4.69, 9.17) is 14.5 Å². The van der Waals surface area contributed by atoms with Gasteiger partial charge in [0.1, 0.15) is 11.9 Å². The van der Waals surface area contributed by atoms with Gasteiger partial charge in [-0.05, 0) is 63.0 Å². The number of anilines is 1. The minimum Gasteiger partial charge on any atom is -0.494 e. The van der Waals surface area contributed by atoms with Gasteiger partial charge in [0, 0.05) is 29.7 Å². The van der Waals surface area contributed by atoms with Crippen molar-refractivity contribution in [3.8, 4) is 11.6 Å². The molecular formula is C23H30N4O2. The molecule has 0 saturated carbocycles. The molecule has 6 nitrogen and oxygen atoms in total. The fourth-order valence-corrected chi connectivity index (χ4v) is 3.96. The first-order valence-electron chi connectivity index (χ1n) is 10.6. The van der Waals surface area contributed by atoms with Gasteiger partial charge in [-0.2, -0.15) is 0 Å². The van der Waals surface area contributed by atoms with Crippen LogP contribution in [0.25, 0.3) is 6.20 Å². The second kappa shape index (κ2) is 9.27. The number of likely N-dealkylation sites (tertiary alicyclic amines) is 1. The maximum absolute atomic E-state index is 5.94. The van der Waals surface area contributed by atoms with Crippen LogP contribution >= 0.6 is 0 Å². The van der Waals surface area contributed by atoms with Crippen LogP contribution in [0.1, 0.15) is 32.6 Å². The Kier molecular flexibility index (Phi) is 6.30. The maximum atomic E-state index is 5.94. The minimum absolute atomic E-state index is 0.0601. The molecule has 1 fully saturated rings. The van der Waals surface area contributed by atoms with E-state index in [0.717, 1.165) is 48.0 Å². The van der Waals surface area contributed by atoms with Gasteiger partial charge in [0.15, 0.2) is 0 Å². The molecule has 1 aromatic heterocycles. The van der Waals surface area contributed by atoms with Crippen molar-refractivity contribution < 1.29 is 9.47 Å². The molecule has 0 spiro atoms. The van der Waals surface area contributed by atoms with Crippen LogP contribution in [0.4, 0.5) is 5.69 Å². The zero-order chi connectivity index (χ0) is 20.1. The fourth-order valence-electron chi connectivity index (χ4n) is 3.96. The standard InChI is InChI=1S/C23H30N4O2/c1-3-22-25-21-16-24-23(28-2)15-18(21)17-27(22)19-7-9-20(10-8-19)29-14-6-13-26-11-4-5-12-26/h7-10,15-17,22H,3-6,11-14H2,1-2H3. The molecule has 1 saturated heterocycles. The lowest BCUT2D eigenvalue weighted by atomic mass is 10.2. The summed E-state index contributed by atoms with van der Waals surface area (Å²) in [4.78, 5) is 13.9. The third kappa shape index (κ3) is 4.70. The molecule has 0 aliphatic carbocycles. The number of ether oxygens (including phenoxy) is 2. The number of aromatic nitrogens is 1. The van der Waals surface area contributed by atoms with Gasteiger partial charge in [-0.1, -0.05) is 6.92 Å². The third-order valence-electron chi connectivity index (χ3n) is 5.57. The quantitative estimate of drug-likeness (QED) is 0.644. The Bertz CT molecular complexity index is 923. The molecule has 2 aliphatic rings. The Morgan fingerprint density at radius 2 is 1.93 bits per heavy atom. The molecule has 3 heterocycles. The van der Waals surface area contributed by atoms with Crippen molar-refractivity contribution in [2.75, 3.05) is 38.3 Å². The van der Waals surface area contributed by atoms with Crippen LogP contribution in [0.2, 0.25) is 0 Å². The summed E-state index contributed by atoms with van der Waals surface area (Å²) in [5.74, 6) is 1.52. The Morgan fingerprint density at radius 1 is 1.14 bits per heavy atom. The van der Waals surface area contributed by atoms with E-state index in [1.807, 2.05) is 18.2 Å². The van der Waals surface area contributed by atoms with Crippen LogP contribution in [0.3, 0.4) is 0 Å². The van der Waals surface area contributed by atoms with Gasteiger partial charge in [0.2, 0.25) is 5.88 Å². The van der Waals surface area contributed by atoms with E-state index in [0.29, 0.717) is 5.88 Å². The fraction of sp³-hybridized carbons (Fsp3) is 0.478. The Hall–Kier alpha value is -2.60.